The molecule has 0 aromatic heterocycles. The van der Waals surface area contributed by atoms with Gasteiger partial charge in [0.25, 0.3) is 0 Å². The number of hydrogen-bond acceptors (Lipinski definition) is 3. The van der Waals surface area contributed by atoms with E-state index in [1.807, 2.05) is 12.1 Å². The van der Waals surface area contributed by atoms with E-state index in [-0.39, 0.29) is 11.4 Å². The standard InChI is InChI=1S/C20H27FN2O/c1-23(2)11-3-10-20(17-5-7-18(21)8-6-17)19-9-4-15(13-22)12-16(19)14-24-20/h4-8,12,19H,3,9-11,13-14,22H2,1-2H3. The largest absolute Gasteiger partial charge is 0.365 e. The lowest BCUT2D eigenvalue weighted by Crippen LogP contribution is -2.34. The molecule has 0 saturated carbocycles. The van der Waals surface area contributed by atoms with E-state index in [4.69, 9.17) is 10.5 Å². The number of nitrogens with zero attached hydrogens (tertiary/aromatic N) is 1. The molecule has 0 amide bonds. The molecule has 3 rings (SSSR count). The van der Waals surface area contributed by atoms with Gasteiger partial charge in [0, 0.05) is 12.5 Å². The highest BCUT2D eigenvalue weighted by atomic mass is 19.1. The maximum absolute atomic E-state index is 13.4. The lowest BCUT2D eigenvalue weighted by molar-refractivity contribution is -0.0359. The Kier molecular flexibility index (Phi) is 5.18. The molecule has 2 unspecified atom stereocenters. The zero-order valence-electron chi connectivity index (χ0n) is 14.6. The summed E-state index contributed by atoms with van der Waals surface area (Å²) < 4.78 is 19.8. The van der Waals surface area contributed by atoms with Gasteiger partial charge in [-0.1, -0.05) is 24.3 Å². The van der Waals surface area contributed by atoms with Gasteiger partial charge in [0.2, 0.25) is 0 Å². The average Bonchev–Trinajstić information content (AvgIpc) is 2.94. The summed E-state index contributed by atoms with van der Waals surface area (Å²) in [6.07, 6.45) is 7.35. The first kappa shape index (κ1) is 17.3. The van der Waals surface area contributed by atoms with Crippen LogP contribution >= 0.6 is 0 Å². The monoisotopic (exact) mass is 330 g/mol. The number of rotatable bonds is 6. The predicted octanol–water partition coefficient (Wildman–Crippen LogP) is 3.22. The molecule has 0 radical (unpaired) electrons. The smallest absolute Gasteiger partial charge is 0.123 e. The van der Waals surface area contributed by atoms with Gasteiger partial charge in [-0.3, -0.25) is 0 Å². The fraction of sp³-hybridized carbons (Fsp3) is 0.500. The minimum Gasteiger partial charge on any atom is -0.365 e. The second-order valence-corrected chi connectivity index (χ2v) is 7.08. The normalized spacial score (nSPS) is 26.3. The van der Waals surface area contributed by atoms with Crippen LogP contribution in [0.4, 0.5) is 4.39 Å². The maximum atomic E-state index is 13.4. The Labute approximate surface area is 144 Å². The summed E-state index contributed by atoms with van der Waals surface area (Å²) in [5.74, 6) is 0.116. The zero-order valence-corrected chi connectivity index (χ0v) is 14.6. The summed E-state index contributed by atoms with van der Waals surface area (Å²) >= 11 is 0. The van der Waals surface area contributed by atoms with E-state index in [2.05, 4.69) is 31.1 Å². The lowest BCUT2D eigenvalue weighted by atomic mass is 9.72. The van der Waals surface area contributed by atoms with E-state index in [1.165, 1.54) is 23.3 Å². The van der Waals surface area contributed by atoms with Crippen LogP contribution in [0.1, 0.15) is 24.8 Å². The van der Waals surface area contributed by atoms with Gasteiger partial charge in [-0.2, -0.15) is 0 Å². The first-order valence-electron chi connectivity index (χ1n) is 8.69. The number of halogens is 1. The highest BCUT2D eigenvalue weighted by molar-refractivity contribution is 5.39. The Morgan fingerprint density at radius 2 is 2.04 bits per heavy atom. The molecular weight excluding hydrogens is 303 g/mol. The van der Waals surface area contributed by atoms with E-state index in [1.54, 1.807) is 0 Å². The molecule has 4 heteroatoms. The minimum atomic E-state index is -0.355. The highest BCUT2D eigenvalue weighted by Crippen LogP contribution is 2.50. The predicted molar refractivity (Wildman–Crippen MR) is 95.1 cm³/mol. The summed E-state index contributed by atoms with van der Waals surface area (Å²) in [5.41, 5.74) is 9.04. The van der Waals surface area contributed by atoms with Crippen molar-refractivity contribution in [3.63, 3.8) is 0 Å². The molecule has 1 aliphatic heterocycles. The van der Waals surface area contributed by atoms with Crippen LogP contribution in [0.2, 0.25) is 0 Å². The molecule has 3 nitrogen and oxygen atoms in total. The number of benzene rings is 1. The second kappa shape index (κ2) is 7.18. The molecule has 0 spiro atoms. The van der Waals surface area contributed by atoms with Crippen LogP contribution in [0.5, 0.6) is 0 Å². The average molecular weight is 330 g/mol. The molecule has 2 aliphatic rings. The molecule has 24 heavy (non-hydrogen) atoms. The van der Waals surface area contributed by atoms with Crippen LogP contribution in [0.15, 0.2) is 47.6 Å². The summed E-state index contributed by atoms with van der Waals surface area (Å²) in [5, 5.41) is 0. The van der Waals surface area contributed by atoms with Gasteiger partial charge < -0.3 is 15.4 Å². The first-order valence-corrected chi connectivity index (χ1v) is 8.69. The molecule has 2 N–H and O–H groups in total. The molecular formula is C20H27FN2O. The van der Waals surface area contributed by atoms with Crippen molar-refractivity contribution in [2.24, 2.45) is 11.7 Å². The quantitative estimate of drug-likeness (QED) is 0.870. The van der Waals surface area contributed by atoms with Crippen LogP contribution in [0.3, 0.4) is 0 Å². The Morgan fingerprint density at radius 1 is 1.29 bits per heavy atom. The van der Waals surface area contributed by atoms with Gasteiger partial charge in [0.05, 0.1) is 6.61 Å². The fourth-order valence-electron chi connectivity index (χ4n) is 3.97. The molecule has 1 aromatic carbocycles. The maximum Gasteiger partial charge on any atom is 0.123 e. The minimum absolute atomic E-state index is 0.204. The number of ether oxygens (including phenoxy) is 1. The van der Waals surface area contributed by atoms with Crippen LogP contribution in [-0.2, 0) is 10.3 Å². The Bertz CT molecular complexity index is 636. The summed E-state index contributed by atoms with van der Waals surface area (Å²) in [6.45, 7) is 2.23. The van der Waals surface area contributed by atoms with Crippen molar-refractivity contribution in [3.8, 4) is 0 Å². The highest BCUT2D eigenvalue weighted by Gasteiger charge is 2.48. The molecule has 130 valence electrons. The third-order valence-electron chi connectivity index (χ3n) is 5.22. The van der Waals surface area contributed by atoms with E-state index in [0.717, 1.165) is 31.4 Å². The number of fused-ring (bicyclic) bond motifs is 1. The van der Waals surface area contributed by atoms with Crippen molar-refractivity contribution in [2.45, 2.75) is 24.9 Å². The second-order valence-electron chi connectivity index (χ2n) is 7.08. The lowest BCUT2D eigenvalue weighted by Gasteiger charge is -2.36. The van der Waals surface area contributed by atoms with Gasteiger partial charge in [-0.25, -0.2) is 4.39 Å². The van der Waals surface area contributed by atoms with Gasteiger partial charge >= 0.3 is 0 Å². The molecule has 2 atom stereocenters. The summed E-state index contributed by atoms with van der Waals surface area (Å²) in [6, 6.07) is 6.85. The molecule has 1 heterocycles. The zero-order chi connectivity index (χ0) is 17.2. The fourth-order valence-corrected chi connectivity index (χ4v) is 3.97. The van der Waals surface area contributed by atoms with Gasteiger partial charge in [-0.05, 0) is 68.7 Å². The van der Waals surface area contributed by atoms with Crippen molar-refractivity contribution < 1.29 is 9.13 Å². The number of allylic oxidation sites excluding steroid dienone is 1. The van der Waals surface area contributed by atoms with Crippen molar-refractivity contribution in [2.75, 3.05) is 33.8 Å². The third kappa shape index (κ3) is 3.32. The Morgan fingerprint density at radius 3 is 2.71 bits per heavy atom. The number of nitrogens with two attached hydrogens (primary N) is 1. The van der Waals surface area contributed by atoms with Crippen LogP contribution < -0.4 is 5.73 Å². The van der Waals surface area contributed by atoms with Gasteiger partial charge in [0.15, 0.2) is 0 Å². The van der Waals surface area contributed by atoms with Gasteiger partial charge in [-0.15, -0.1) is 0 Å². The van der Waals surface area contributed by atoms with E-state index >= 15 is 0 Å². The Hall–Kier alpha value is -1.49. The van der Waals surface area contributed by atoms with E-state index < -0.39 is 0 Å². The van der Waals surface area contributed by atoms with E-state index in [9.17, 15) is 4.39 Å². The van der Waals surface area contributed by atoms with Crippen LogP contribution in [-0.4, -0.2) is 38.7 Å². The molecule has 1 aliphatic carbocycles. The molecule has 1 saturated heterocycles. The van der Waals surface area contributed by atoms with Crippen LogP contribution in [0, 0.1) is 11.7 Å². The topological polar surface area (TPSA) is 38.5 Å². The van der Waals surface area contributed by atoms with Gasteiger partial charge in [0.1, 0.15) is 11.4 Å². The molecule has 0 bridgehead atoms. The van der Waals surface area contributed by atoms with E-state index in [0.29, 0.717) is 19.1 Å². The van der Waals surface area contributed by atoms with Crippen molar-refractivity contribution in [3.05, 3.63) is 58.9 Å². The SMILES string of the molecule is CN(C)CCCC1(c2ccc(F)cc2)OCC2=CC(CN)=CCC21. The first-order chi connectivity index (χ1) is 11.5. The third-order valence-corrected chi connectivity index (χ3v) is 5.22. The molecule has 1 aromatic rings. The summed E-state index contributed by atoms with van der Waals surface area (Å²) in [7, 11) is 4.17. The van der Waals surface area contributed by atoms with Crippen molar-refractivity contribution >= 4 is 0 Å². The number of hydrogen-bond donors (Lipinski definition) is 1. The summed E-state index contributed by atoms with van der Waals surface area (Å²) in [4.78, 5) is 2.19. The molecule has 1 fully saturated rings. The Balaban J connectivity index is 1.91. The van der Waals surface area contributed by atoms with Crippen LogP contribution in [0.25, 0.3) is 0 Å². The van der Waals surface area contributed by atoms with Crippen molar-refractivity contribution in [1.82, 2.24) is 4.90 Å². The van der Waals surface area contributed by atoms with Crippen molar-refractivity contribution in [1.29, 1.82) is 0 Å².